The van der Waals surface area contributed by atoms with Gasteiger partial charge in [0.1, 0.15) is 5.75 Å². The monoisotopic (exact) mass is 345 g/mol. The van der Waals surface area contributed by atoms with Gasteiger partial charge in [-0.2, -0.15) is 0 Å². The van der Waals surface area contributed by atoms with Crippen LogP contribution in [0.2, 0.25) is 0 Å². The lowest BCUT2D eigenvalue weighted by molar-refractivity contribution is 0.184. The molecule has 0 unspecified atom stereocenters. The molecule has 114 valence electrons. The summed E-state index contributed by atoms with van der Waals surface area (Å²) in [6, 6.07) is 6.08. The Labute approximate surface area is 129 Å². The van der Waals surface area contributed by atoms with Crippen LogP contribution in [-0.2, 0) is 16.0 Å². The molecular weight excluding hydrogens is 322 g/mol. The van der Waals surface area contributed by atoms with E-state index in [9.17, 15) is 0 Å². The van der Waals surface area contributed by atoms with Crippen molar-refractivity contribution in [3.63, 3.8) is 0 Å². The molecule has 0 aliphatic rings. The summed E-state index contributed by atoms with van der Waals surface area (Å²) in [6.07, 6.45) is 2.03. The van der Waals surface area contributed by atoms with Crippen LogP contribution in [0.5, 0.6) is 5.75 Å². The number of hydrogen-bond donors (Lipinski definition) is 1. The van der Waals surface area contributed by atoms with Crippen molar-refractivity contribution in [2.24, 2.45) is 0 Å². The van der Waals surface area contributed by atoms with E-state index in [2.05, 4.69) is 27.3 Å². The molecule has 0 amide bonds. The van der Waals surface area contributed by atoms with Gasteiger partial charge in [0.2, 0.25) is 0 Å². The van der Waals surface area contributed by atoms with Crippen molar-refractivity contribution in [2.75, 3.05) is 40.6 Å². The van der Waals surface area contributed by atoms with Gasteiger partial charge in [-0.25, -0.2) is 0 Å². The van der Waals surface area contributed by atoms with Gasteiger partial charge >= 0.3 is 0 Å². The van der Waals surface area contributed by atoms with E-state index < -0.39 is 0 Å². The second-order valence-corrected chi connectivity index (χ2v) is 5.33. The van der Waals surface area contributed by atoms with Crippen LogP contribution >= 0.6 is 15.9 Å². The summed E-state index contributed by atoms with van der Waals surface area (Å²) in [6.45, 7) is 3.86. The van der Waals surface area contributed by atoms with E-state index in [1.807, 2.05) is 12.1 Å². The van der Waals surface area contributed by atoms with Crippen LogP contribution in [0.3, 0.4) is 0 Å². The van der Waals surface area contributed by atoms with Crippen LogP contribution in [0.25, 0.3) is 0 Å². The average Bonchev–Trinajstić information content (AvgIpc) is 2.46. The summed E-state index contributed by atoms with van der Waals surface area (Å²) in [5.41, 5.74) is 1.19. The van der Waals surface area contributed by atoms with Crippen LogP contribution in [0.4, 0.5) is 0 Å². The Kier molecular flexibility index (Phi) is 9.66. The molecule has 20 heavy (non-hydrogen) atoms. The Morgan fingerprint density at radius 3 is 2.55 bits per heavy atom. The van der Waals surface area contributed by atoms with Gasteiger partial charge in [-0.1, -0.05) is 15.9 Å². The number of ether oxygens (including phenoxy) is 3. The maximum absolute atomic E-state index is 5.75. The molecule has 0 aromatic heterocycles. The molecule has 0 radical (unpaired) electrons. The standard InChI is InChI=1S/C15H24BrNO3/c1-18-8-3-4-9-20-14-5-6-15(16)13(11-14)12-17-7-10-19-2/h5-6,11,17H,3-4,7-10,12H2,1-2H3. The molecule has 1 rings (SSSR count). The molecule has 0 saturated carbocycles. The Balaban J connectivity index is 2.36. The molecule has 4 nitrogen and oxygen atoms in total. The number of methoxy groups -OCH3 is 2. The highest BCUT2D eigenvalue weighted by atomic mass is 79.9. The van der Waals surface area contributed by atoms with Crippen LogP contribution in [-0.4, -0.2) is 40.6 Å². The predicted octanol–water partition coefficient (Wildman–Crippen LogP) is 2.99. The Morgan fingerprint density at radius 2 is 1.80 bits per heavy atom. The Bertz CT molecular complexity index is 374. The zero-order chi connectivity index (χ0) is 14.6. The zero-order valence-corrected chi connectivity index (χ0v) is 13.9. The lowest BCUT2D eigenvalue weighted by Crippen LogP contribution is -2.18. The normalized spacial score (nSPS) is 10.8. The van der Waals surface area contributed by atoms with E-state index in [1.54, 1.807) is 14.2 Å². The first-order valence-electron chi connectivity index (χ1n) is 6.87. The van der Waals surface area contributed by atoms with Crippen molar-refractivity contribution < 1.29 is 14.2 Å². The van der Waals surface area contributed by atoms with Crippen molar-refractivity contribution in [3.8, 4) is 5.75 Å². The maximum atomic E-state index is 5.75. The van der Waals surface area contributed by atoms with Gasteiger partial charge in [0, 0.05) is 38.4 Å². The third-order valence-corrected chi connectivity index (χ3v) is 3.60. The first kappa shape index (κ1) is 17.4. The van der Waals surface area contributed by atoms with E-state index in [0.717, 1.165) is 49.4 Å². The van der Waals surface area contributed by atoms with Crippen LogP contribution in [0.15, 0.2) is 22.7 Å². The highest BCUT2D eigenvalue weighted by molar-refractivity contribution is 9.10. The number of unbranched alkanes of at least 4 members (excludes halogenated alkanes) is 1. The molecule has 0 bridgehead atoms. The molecule has 0 aliphatic carbocycles. The fourth-order valence-electron chi connectivity index (χ4n) is 1.71. The van der Waals surface area contributed by atoms with Crippen LogP contribution in [0, 0.1) is 0 Å². The van der Waals surface area contributed by atoms with Crippen LogP contribution in [0.1, 0.15) is 18.4 Å². The smallest absolute Gasteiger partial charge is 0.119 e. The summed E-state index contributed by atoms with van der Waals surface area (Å²) in [5, 5.41) is 3.33. The average molecular weight is 346 g/mol. The molecule has 0 fully saturated rings. The summed E-state index contributed by atoms with van der Waals surface area (Å²) < 4.78 is 16.9. The van der Waals surface area contributed by atoms with E-state index in [1.165, 1.54) is 5.56 Å². The van der Waals surface area contributed by atoms with Gasteiger partial charge in [-0.3, -0.25) is 0 Å². The highest BCUT2D eigenvalue weighted by Gasteiger charge is 2.02. The lowest BCUT2D eigenvalue weighted by atomic mass is 10.2. The van der Waals surface area contributed by atoms with Gasteiger partial charge in [-0.05, 0) is 36.6 Å². The van der Waals surface area contributed by atoms with E-state index in [0.29, 0.717) is 6.61 Å². The van der Waals surface area contributed by atoms with Crippen molar-refractivity contribution >= 4 is 15.9 Å². The van der Waals surface area contributed by atoms with E-state index in [4.69, 9.17) is 14.2 Å². The Morgan fingerprint density at radius 1 is 1.05 bits per heavy atom. The van der Waals surface area contributed by atoms with Gasteiger partial charge in [-0.15, -0.1) is 0 Å². The largest absolute Gasteiger partial charge is 0.494 e. The molecule has 0 saturated heterocycles. The molecule has 1 aromatic carbocycles. The summed E-state index contributed by atoms with van der Waals surface area (Å²) >= 11 is 3.56. The molecule has 5 heteroatoms. The van der Waals surface area contributed by atoms with Gasteiger partial charge < -0.3 is 19.5 Å². The van der Waals surface area contributed by atoms with Crippen molar-refractivity contribution in [1.29, 1.82) is 0 Å². The SMILES string of the molecule is COCCCCOc1ccc(Br)c(CNCCOC)c1. The fraction of sp³-hybridized carbons (Fsp3) is 0.600. The van der Waals surface area contributed by atoms with Crippen molar-refractivity contribution in [1.82, 2.24) is 5.32 Å². The quantitative estimate of drug-likeness (QED) is 0.626. The molecule has 1 N–H and O–H groups in total. The number of rotatable bonds is 11. The van der Waals surface area contributed by atoms with Gasteiger partial charge in [0.05, 0.1) is 13.2 Å². The van der Waals surface area contributed by atoms with Gasteiger partial charge in [0.15, 0.2) is 0 Å². The summed E-state index contributed by atoms with van der Waals surface area (Å²) in [7, 11) is 3.42. The minimum Gasteiger partial charge on any atom is -0.494 e. The van der Waals surface area contributed by atoms with Crippen molar-refractivity contribution in [3.05, 3.63) is 28.2 Å². The number of nitrogens with one attached hydrogen (secondary N) is 1. The number of benzene rings is 1. The zero-order valence-electron chi connectivity index (χ0n) is 12.3. The summed E-state index contributed by atoms with van der Waals surface area (Å²) in [4.78, 5) is 0. The second kappa shape index (κ2) is 11.1. The summed E-state index contributed by atoms with van der Waals surface area (Å²) in [5.74, 6) is 0.911. The molecular formula is C15H24BrNO3. The second-order valence-electron chi connectivity index (χ2n) is 4.47. The highest BCUT2D eigenvalue weighted by Crippen LogP contribution is 2.22. The molecule has 0 aliphatic heterocycles. The molecule has 0 spiro atoms. The lowest BCUT2D eigenvalue weighted by Gasteiger charge is -2.10. The minimum absolute atomic E-state index is 0.716. The van der Waals surface area contributed by atoms with E-state index >= 15 is 0 Å². The third-order valence-electron chi connectivity index (χ3n) is 2.83. The topological polar surface area (TPSA) is 39.7 Å². The molecule has 0 heterocycles. The number of hydrogen-bond acceptors (Lipinski definition) is 4. The van der Waals surface area contributed by atoms with Crippen LogP contribution < -0.4 is 10.1 Å². The maximum Gasteiger partial charge on any atom is 0.119 e. The van der Waals surface area contributed by atoms with Gasteiger partial charge in [0.25, 0.3) is 0 Å². The van der Waals surface area contributed by atoms with E-state index in [-0.39, 0.29) is 0 Å². The minimum atomic E-state index is 0.716. The third kappa shape index (κ3) is 7.24. The predicted molar refractivity (Wildman–Crippen MR) is 84.3 cm³/mol. The first-order valence-corrected chi connectivity index (χ1v) is 7.67. The van der Waals surface area contributed by atoms with Crippen molar-refractivity contribution in [2.45, 2.75) is 19.4 Å². The molecule has 0 atom stereocenters. The first-order chi connectivity index (χ1) is 9.77. The fourth-order valence-corrected chi connectivity index (χ4v) is 2.10. The Hall–Kier alpha value is -0.620. The molecule has 1 aromatic rings. The number of halogens is 1.